The van der Waals surface area contributed by atoms with E-state index in [0.29, 0.717) is 38.2 Å². The number of amides is 1. The number of ether oxygens (including phenoxy) is 1. The number of alkyl halides is 3. The fourth-order valence-electron chi connectivity index (χ4n) is 4.77. The van der Waals surface area contributed by atoms with Gasteiger partial charge in [0.05, 0.1) is 12.0 Å². The average Bonchev–Trinajstić information content (AvgIpc) is 2.78. The molecule has 1 N–H and O–H groups in total. The van der Waals surface area contributed by atoms with Crippen LogP contribution in [0.5, 0.6) is 0 Å². The molecule has 0 atom stereocenters. The Morgan fingerprint density at radius 2 is 1.74 bits per heavy atom. The van der Waals surface area contributed by atoms with Crippen molar-refractivity contribution >= 4 is 5.91 Å². The second kappa shape index (κ2) is 9.03. The summed E-state index contributed by atoms with van der Waals surface area (Å²) < 4.78 is 45.2. The van der Waals surface area contributed by atoms with E-state index in [0.717, 1.165) is 24.5 Å². The molecule has 0 radical (unpaired) electrons. The van der Waals surface area contributed by atoms with E-state index in [-0.39, 0.29) is 12.3 Å². The van der Waals surface area contributed by atoms with Gasteiger partial charge in [0.25, 0.3) is 0 Å². The Morgan fingerprint density at radius 3 is 2.48 bits per heavy atom. The molecular weight excluding hydrogens is 403 g/mol. The molecule has 1 heterocycles. The summed E-state index contributed by atoms with van der Waals surface area (Å²) in [6.07, 6.45) is 1.60. The lowest BCUT2D eigenvalue weighted by molar-refractivity contribution is -0.137. The van der Waals surface area contributed by atoms with Crippen LogP contribution >= 0.6 is 0 Å². The molecule has 0 saturated carbocycles. The first kappa shape index (κ1) is 21.9. The van der Waals surface area contributed by atoms with Gasteiger partial charge in [-0.3, -0.25) is 4.79 Å². The van der Waals surface area contributed by atoms with Crippen molar-refractivity contribution < 1.29 is 22.7 Å². The third-order valence-corrected chi connectivity index (χ3v) is 6.65. The lowest BCUT2D eigenvalue weighted by Gasteiger charge is -2.38. The molecule has 1 aliphatic carbocycles. The summed E-state index contributed by atoms with van der Waals surface area (Å²) >= 11 is 0. The minimum Gasteiger partial charge on any atom is -0.381 e. The molecule has 1 aliphatic heterocycles. The zero-order valence-corrected chi connectivity index (χ0v) is 17.6. The third kappa shape index (κ3) is 5.12. The Bertz CT molecular complexity index is 933. The number of fused-ring (bicyclic) bond motifs is 1. The first-order chi connectivity index (χ1) is 14.9. The highest BCUT2D eigenvalue weighted by Gasteiger charge is 2.37. The van der Waals surface area contributed by atoms with Crippen LogP contribution in [0.3, 0.4) is 0 Å². The summed E-state index contributed by atoms with van der Waals surface area (Å²) in [4.78, 5) is 12.7. The Morgan fingerprint density at radius 1 is 1.00 bits per heavy atom. The molecule has 0 spiro atoms. The van der Waals surface area contributed by atoms with Gasteiger partial charge in [-0.05, 0) is 66.8 Å². The van der Waals surface area contributed by atoms with Crippen molar-refractivity contribution in [1.29, 1.82) is 0 Å². The Labute approximate surface area is 181 Å². The van der Waals surface area contributed by atoms with Gasteiger partial charge in [-0.1, -0.05) is 36.4 Å². The van der Waals surface area contributed by atoms with E-state index in [2.05, 4.69) is 17.4 Å². The number of benzene rings is 2. The van der Waals surface area contributed by atoms with Gasteiger partial charge in [-0.2, -0.15) is 13.2 Å². The highest BCUT2D eigenvalue weighted by atomic mass is 19.4. The van der Waals surface area contributed by atoms with Crippen molar-refractivity contribution in [1.82, 2.24) is 5.32 Å². The van der Waals surface area contributed by atoms with Crippen LogP contribution in [0, 0.1) is 0 Å². The number of hydrogen-bond acceptors (Lipinski definition) is 2. The molecule has 166 valence electrons. The molecule has 2 aromatic rings. The molecule has 0 bridgehead atoms. The van der Waals surface area contributed by atoms with Gasteiger partial charge >= 0.3 is 6.18 Å². The second-order valence-corrected chi connectivity index (χ2v) is 8.73. The lowest BCUT2D eigenvalue weighted by Crippen LogP contribution is -2.45. The van der Waals surface area contributed by atoms with Gasteiger partial charge in [0.1, 0.15) is 0 Å². The summed E-state index contributed by atoms with van der Waals surface area (Å²) in [6.45, 7) is 1.25. The molecule has 2 aromatic carbocycles. The first-order valence-electron chi connectivity index (χ1n) is 11.0. The van der Waals surface area contributed by atoms with Crippen molar-refractivity contribution in [2.75, 3.05) is 19.8 Å². The van der Waals surface area contributed by atoms with E-state index in [4.69, 9.17) is 4.74 Å². The highest BCUT2D eigenvalue weighted by molar-refractivity contribution is 5.78. The molecular formula is C25H28F3NO2. The molecule has 0 unspecified atom stereocenters. The molecule has 31 heavy (non-hydrogen) atoms. The fraction of sp³-hybridized carbons (Fsp3) is 0.480. The maximum absolute atomic E-state index is 13.2. The number of halogens is 3. The summed E-state index contributed by atoms with van der Waals surface area (Å²) in [5.41, 5.74) is 3.10. The summed E-state index contributed by atoms with van der Waals surface area (Å²) in [7, 11) is 0. The highest BCUT2D eigenvalue weighted by Crippen LogP contribution is 2.38. The van der Waals surface area contributed by atoms with Crippen molar-refractivity contribution in [3.63, 3.8) is 0 Å². The standard InChI is InChI=1S/C25H28F3NO2/c26-25(27,28)22-7-3-6-21(16-22)24(10-12-31-13-11-24)17-29-23(30)15-18-8-9-19-4-1-2-5-20(19)14-18/h3,6-9,14,16H,1-2,4-5,10-13,15,17H2,(H,29,30). The number of hydrogen-bond donors (Lipinski definition) is 1. The fourth-order valence-corrected chi connectivity index (χ4v) is 4.77. The maximum Gasteiger partial charge on any atom is 0.416 e. The molecule has 1 amide bonds. The normalized spacial score (nSPS) is 18.3. The molecule has 3 nitrogen and oxygen atoms in total. The minimum absolute atomic E-state index is 0.103. The lowest BCUT2D eigenvalue weighted by atomic mass is 9.73. The van der Waals surface area contributed by atoms with Crippen LogP contribution in [-0.4, -0.2) is 25.7 Å². The predicted octanol–water partition coefficient (Wildman–Crippen LogP) is 4.99. The van der Waals surface area contributed by atoms with Crippen molar-refractivity contribution in [2.24, 2.45) is 0 Å². The van der Waals surface area contributed by atoms with E-state index >= 15 is 0 Å². The first-order valence-corrected chi connectivity index (χ1v) is 11.0. The van der Waals surface area contributed by atoms with Gasteiger partial charge in [0.15, 0.2) is 0 Å². The van der Waals surface area contributed by atoms with Crippen LogP contribution in [-0.2, 0) is 40.4 Å². The smallest absolute Gasteiger partial charge is 0.381 e. The summed E-state index contributed by atoms with van der Waals surface area (Å²) in [5, 5.41) is 3.00. The van der Waals surface area contributed by atoms with E-state index < -0.39 is 17.2 Å². The largest absolute Gasteiger partial charge is 0.416 e. The van der Waals surface area contributed by atoms with E-state index in [9.17, 15) is 18.0 Å². The van der Waals surface area contributed by atoms with Gasteiger partial charge in [-0.15, -0.1) is 0 Å². The third-order valence-electron chi connectivity index (χ3n) is 6.65. The quantitative estimate of drug-likeness (QED) is 0.724. The van der Waals surface area contributed by atoms with Crippen LogP contribution in [0.25, 0.3) is 0 Å². The van der Waals surface area contributed by atoms with Gasteiger partial charge < -0.3 is 10.1 Å². The van der Waals surface area contributed by atoms with Crippen LogP contribution in [0.2, 0.25) is 0 Å². The maximum atomic E-state index is 13.2. The average molecular weight is 431 g/mol. The van der Waals surface area contributed by atoms with Crippen molar-refractivity contribution in [3.05, 3.63) is 70.3 Å². The molecule has 6 heteroatoms. The molecule has 1 saturated heterocycles. The SMILES string of the molecule is O=C(Cc1ccc2c(c1)CCCC2)NCC1(c2cccc(C(F)(F)F)c2)CCOCC1. The summed E-state index contributed by atoms with van der Waals surface area (Å²) in [6, 6.07) is 11.8. The topological polar surface area (TPSA) is 38.3 Å². The van der Waals surface area contributed by atoms with Gasteiger partial charge in [0.2, 0.25) is 5.91 Å². The van der Waals surface area contributed by atoms with Crippen molar-refractivity contribution in [3.8, 4) is 0 Å². The number of rotatable bonds is 5. The van der Waals surface area contributed by atoms with Crippen molar-refractivity contribution in [2.45, 2.75) is 56.5 Å². The number of carbonyl (C=O) groups is 1. The second-order valence-electron chi connectivity index (χ2n) is 8.73. The van der Waals surface area contributed by atoms with E-state index in [1.54, 1.807) is 6.07 Å². The minimum atomic E-state index is -4.39. The van der Waals surface area contributed by atoms with Crippen LogP contribution in [0.15, 0.2) is 42.5 Å². The predicted molar refractivity (Wildman–Crippen MR) is 113 cm³/mol. The Kier molecular flexibility index (Phi) is 6.37. The van der Waals surface area contributed by atoms with Crippen LogP contribution < -0.4 is 5.32 Å². The molecule has 0 aromatic heterocycles. The van der Waals surface area contributed by atoms with Crippen LogP contribution in [0.1, 0.15) is 53.5 Å². The zero-order chi connectivity index (χ0) is 21.9. The molecule has 2 aliphatic rings. The monoisotopic (exact) mass is 431 g/mol. The van der Waals surface area contributed by atoms with E-state index in [1.165, 1.54) is 36.1 Å². The van der Waals surface area contributed by atoms with Gasteiger partial charge in [-0.25, -0.2) is 0 Å². The number of aryl methyl sites for hydroxylation is 2. The Balaban J connectivity index is 1.47. The zero-order valence-electron chi connectivity index (χ0n) is 17.6. The van der Waals surface area contributed by atoms with E-state index in [1.807, 2.05) is 6.07 Å². The molecule has 4 rings (SSSR count). The summed E-state index contributed by atoms with van der Waals surface area (Å²) in [5.74, 6) is -0.103. The number of carbonyl (C=O) groups excluding carboxylic acids is 1. The number of nitrogens with one attached hydrogen (secondary N) is 1. The van der Waals surface area contributed by atoms with Crippen LogP contribution in [0.4, 0.5) is 13.2 Å². The molecule has 1 fully saturated rings. The van der Waals surface area contributed by atoms with Gasteiger partial charge in [0, 0.05) is 25.2 Å². The Hall–Kier alpha value is -2.34.